The Bertz CT molecular complexity index is 705. The molecule has 0 saturated carbocycles. The molecule has 1 saturated heterocycles. The van der Waals surface area contributed by atoms with Gasteiger partial charge in [0.25, 0.3) is 5.91 Å². The number of rotatable bonds is 3. The minimum atomic E-state index is -0.535. The van der Waals surface area contributed by atoms with Crippen molar-refractivity contribution >= 4 is 28.3 Å². The van der Waals surface area contributed by atoms with Gasteiger partial charge in [0.1, 0.15) is 5.82 Å². The monoisotopic (exact) mass is 333 g/mol. The van der Waals surface area contributed by atoms with Crippen LogP contribution < -0.4 is 5.32 Å². The molecule has 1 aromatic carbocycles. The topological polar surface area (TPSA) is 62.3 Å². The molecule has 0 unspecified atom stereocenters. The molecule has 1 atom stereocenters. The van der Waals surface area contributed by atoms with Crippen molar-refractivity contribution < 1.29 is 14.0 Å². The number of nitrogens with one attached hydrogen (secondary N) is 1. The maximum absolute atomic E-state index is 13.8. The lowest BCUT2D eigenvalue weighted by molar-refractivity contribution is -0.121. The Morgan fingerprint density at radius 1 is 1.35 bits per heavy atom. The number of hydrogen-bond acceptors (Lipinski definition) is 4. The first kappa shape index (κ1) is 15.6. The number of carbonyl (C=O) groups is 2. The van der Waals surface area contributed by atoms with E-state index in [0.717, 1.165) is 6.42 Å². The largest absolute Gasteiger partial charge is 0.338 e. The fourth-order valence-corrected chi connectivity index (χ4v) is 3.21. The van der Waals surface area contributed by atoms with Crippen LogP contribution in [-0.2, 0) is 4.79 Å². The highest BCUT2D eigenvalue weighted by atomic mass is 32.1. The van der Waals surface area contributed by atoms with Crippen LogP contribution >= 0.6 is 11.3 Å². The standard InChI is InChI=1S/C16H16FN3O2S/c17-13-6-2-1-5-12(13)15(22)20-8-3-4-11(10-20)14(21)19-16-18-7-9-23-16/h1-2,5-7,9,11H,3-4,8,10H2,(H,18,19,21)/t11-/m1/s1. The van der Waals surface area contributed by atoms with Gasteiger partial charge >= 0.3 is 0 Å². The summed E-state index contributed by atoms with van der Waals surface area (Å²) in [7, 11) is 0. The van der Waals surface area contributed by atoms with Crippen LogP contribution in [0.5, 0.6) is 0 Å². The Morgan fingerprint density at radius 3 is 2.91 bits per heavy atom. The molecule has 0 aliphatic carbocycles. The highest BCUT2D eigenvalue weighted by Crippen LogP contribution is 2.22. The Balaban J connectivity index is 1.67. The van der Waals surface area contributed by atoms with Crippen LogP contribution in [0.3, 0.4) is 0 Å². The lowest BCUT2D eigenvalue weighted by atomic mass is 9.96. The van der Waals surface area contributed by atoms with Crippen molar-refractivity contribution in [2.45, 2.75) is 12.8 Å². The average molecular weight is 333 g/mol. The number of hydrogen-bond donors (Lipinski definition) is 1. The highest BCUT2D eigenvalue weighted by molar-refractivity contribution is 7.13. The maximum atomic E-state index is 13.8. The van der Waals surface area contributed by atoms with Gasteiger partial charge in [-0.1, -0.05) is 12.1 Å². The maximum Gasteiger partial charge on any atom is 0.256 e. The predicted molar refractivity (Wildman–Crippen MR) is 85.8 cm³/mol. The molecule has 0 bridgehead atoms. The fraction of sp³-hybridized carbons (Fsp3) is 0.312. The van der Waals surface area contributed by atoms with Crippen LogP contribution in [0.15, 0.2) is 35.8 Å². The SMILES string of the molecule is O=C(Nc1nccs1)[C@@H]1CCCN(C(=O)c2ccccc2F)C1. The van der Waals surface area contributed by atoms with Crippen molar-refractivity contribution in [3.63, 3.8) is 0 Å². The second-order valence-corrected chi connectivity index (χ2v) is 6.29. The number of piperidine rings is 1. The van der Waals surface area contributed by atoms with Gasteiger partial charge in [0.2, 0.25) is 5.91 Å². The molecule has 23 heavy (non-hydrogen) atoms. The lowest BCUT2D eigenvalue weighted by Crippen LogP contribution is -2.44. The summed E-state index contributed by atoms with van der Waals surface area (Å²) in [5, 5.41) is 5.09. The zero-order valence-electron chi connectivity index (χ0n) is 12.4. The molecule has 2 aromatic rings. The van der Waals surface area contributed by atoms with Gasteiger partial charge in [-0.15, -0.1) is 11.3 Å². The molecule has 2 amide bonds. The Labute approximate surface area is 137 Å². The van der Waals surface area contributed by atoms with Gasteiger partial charge in [-0.05, 0) is 25.0 Å². The molecule has 2 heterocycles. The number of halogens is 1. The van der Waals surface area contributed by atoms with E-state index in [0.29, 0.717) is 24.6 Å². The van der Waals surface area contributed by atoms with Gasteiger partial charge in [0, 0.05) is 24.7 Å². The number of benzene rings is 1. The first-order valence-corrected chi connectivity index (χ1v) is 8.27. The summed E-state index contributed by atoms with van der Waals surface area (Å²) in [6, 6.07) is 5.92. The zero-order valence-corrected chi connectivity index (χ0v) is 13.2. The number of aromatic nitrogens is 1. The van der Waals surface area contributed by atoms with Crippen LogP contribution in [0.2, 0.25) is 0 Å². The van der Waals surface area contributed by atoms with Crippen molar-refractivity contribution in [1.29, 1.82) is 0 Å². The smallest absolute Gasteiger partial charge is 0.256 e. The number of thiazole rings is 1. The molecule has 0 radical (unpaired) electrons. The normalized spacial score (nSPS) is 17.8. The number of likely N-dealkylation sites (tertiary alicyclic amines) is 1. The number of anilines is 1. The molecule has 1 fully saturated rings. The second-order valence-electron chi connectivity index (χ2n) is 5.40. The third-order valence-electron chi connectivity index (χ3n) is 3.85. The number of amides is 2. The van der Waals surface area contributed by atoms with Crippen LogP contribution in [-0.4, -0.2) is 34.8 Å². The van der Waals surface area contributed by atoms with Crippen molar-refractivity contribution in [2.24, 2.45) is 5.92 Å². The van der Waals surface area contributed by atoms with Crippen LogP contribution in [0.25, 0.3) is 0 Å². The summed E-state index contributed by atoms with van der Waals surface area (Å²) >= 11 is 1.35. The van der Waals surface area contributed by atoms with E-state index < -0.39 is 5.82 Å². The summed E-state index contributed by atoms with van der Waals surface area (Å²) in [5.74, 6) is -1.35. The Hall–Kier alpha value is -2.28. The summed E-state index contributed by atoms with van der Waals surface area (Å²) < 4.78 is 13.8. The third kappa shape index (κ3) is 3.56. The zero-order chi connectivity index (χ0) is 16.2. The van der Waals surface area contributed by atoms with E-state index in [1.807, 2.05) is 0 Å². The molecule has 1 aliphatic heterocycles. The first-order chi connectivity index (χ1) is 11.1. The first-order valence-electron chi connectivity index (χ1n) is 7.39. The molecular formula is C16H16FN3O2S. The number of nitrogens with zero attached hydrogens (tertiary/aromatic N) is 2. The van der Waals surface area contributed by atoms with Gasteiger partial charge in [-0.3, -0.25) is 9.59 Å². The lowest BCUT2D eigenvalue weighted by Gasteiger charge is -2.32. The molecule has 120 valence electrons. The van der Waals surface area contributed by atoms with E-state index in [2.05, 4.69) is 10.3 Å². The molecule has 7 heteroatoms. The predicted octanol–water partition coefficient (Wildman–Crippen LogP) is 2.77. The van der Waals surface area contributed by atoms with E-state index in [1.54, 1.807) is 28.6 Å². The van der Waals surface area contributed by atoms with E-state index in [4.69, 9.17) is 0 Å². The van der Waals surface area contributed by atoms with Crippen LogP contribution in [0.4, 0.5) is 9.52 Å². The quantitative estimate of drug-likeness (QED) is 0.939. The summed E-state index contributed by atoms with van der Waals surface area (Å²) in [4.78, 5) is 30.3. The van der Waals surface area contributed by atoms with E-state index in [-0.39, 0.29) is 23.3 Å². The Morgan fingerprint density at radius 2 is 2.17 bits per heavy atom. The average Bonchev–Trinajstić information content (AvgIpc) is 3.08. The molecule has 0 spiro atoms. The second kappa shape index (κ2) is 6.87. The fourth-order valence-electron chi connectivity index (χ4n) is 2.67. The Kier molecular flexibility index (Phi) is 4.66. The van der Waals surface area contributed by atoms with Crippen molar-refractivity contribution in [3.8, 4) is 0 Å². The summed E-state index contributed by atoms with van der Waals surface area (Å²) in [6.45, 7) is 0.832. The van der Waals surface area contributed by atoms with Crippen molar-refractivity contribution in [2.75, 3.05) is 18.4 Å². The molecular weight excluding hydrogens is 317 g/mol. The minimum absolute atomic E-state index is 0.0495. The number of carbonyl (C=O) groups excluding carboxylic acids is 2. The molecule has 1 N–H and O–H groups in total. The molecule has 1 aromatic heterocycles. The van der Waals surface area contributed by atoms with Crippen molar-refractivity contribution in [1.82, 2.24) is 9.88 Å². The van der Waals surface area contributed by atoms with Gasteiger partial charge in [0.15, 0.2) is 5.13 Å². The van der Waals surface area contributed by atoms with E-state index in [1.165, 1.54) is 23.5 Å². The third-order valence-corrected chi connectivity index (χ3v) is 4.53. The molecule has 1 aliphatic rings. The van der Waals surface area contributed by atoms with Crippen LogP contribution in [0.1, 0.15) is 23.2 Å². The highest BCUT2D eigenvalue weighted by Gasteiger charge is 2.30. The van der Waals surface area contributed by atoms with E-state index in [9.17, 15) is 14.0 Å². The van der Waals surface area contributed by atoms with E-state index >= 15 is 0 Å². The summed E-state index contributed by atoms with van der Waals surface area (Å²) in [6.07, 6.45) is 3.05. The van der Waals surface area contributed by atoms with Gasteiger partial charge < -0.3 is 10.2 Å². The van der Waals surface area contributed by atoms with Crippen LogP contribution in [0, 0.1) is 11.7 Å². The van der Waals surface area contributed by atoms with Gasteiger partial charge in [-0.2, -0.15) is 0 Å². The molecule has 5 nitrogen and oxygen atoms in total. The summed E-state index contributed by atoms with van der Waals surface area (Å²) in [5.41, 5.74) is 0.0495. The van der Waals surface area contributed by atoms with Gasteiger partial charge in [-0.25, -0.2) is 9.37 Å². The minimum Gasteiger partial charge on any atom is -0.338 e. The van der Waals surface area contributed by atoms with Gasteiger partial charge in [0.05, 0.1) is 11.5 Å². The molecule has 3 rings (SSSR count). The van der Waals surface area contributed by atoms with Crippen molar-refractivity contribution in [3.05, 3.63) is 47.2 Å².